The Bertz CT molecular complexity index is 143. The molecule has 58 valence electrons. The molecule has 0 saturated heterocycles. The molecule has 0 atom stereocenters. The van der Waals surface area contributed by atoms with Crippen LogP contribution in [-0.4, -0.2) is 22.0 Å². The minimum atomic E-state index is 0.581. The van der Waals surface area contributed by atoms with Crippen molar-refractivity contribution in [1.82, 2.24) is 3.11 Å². The van der Waals surface area contributed by atoms with E-state index >= 15 is 0 Å². The molecular weight excluding hydrogens is 239 g/mol. The number of hydrogen-bond acceptors (Lipinski definition) is 2. The van der Waals surface area contributed by atoms with E-state index in [9.17, 15) is 0 Å². The minimum absolute atomic E-state index is 0.581. The molecule has 1 aliphatic heterocycles. The van der Waals surface area contributed by atoms with E-state index in [1.165, 1.54) is 12.3 Å². The maximum Gasteiger partial charge on any atom is 0.110 e. The Labute approximate surface area is 76.2 Å². The molecule has 1 rings (SSSR count). The number of nitrogens with zero attached hydrogens (tertiary/aromatic N) is 2. The molecule has 0 spiro atoms. The molecule has 3 heteroatoms. The predicted molar refractivity (Wildman–Crippen MR) is 52.5 cm³/mol. The van der Waals surface area contributed by atoms with Crippen LogP contribution in [0.1, 0.15) is 20.3 Å². The molecule has 0 fully saturated rings. The molecule has 0 amide bonds. The van der Waals surface area contributed by atoms with Crippen LogP contribution in [0.25, 0.3) is 0 Å². The summed E-state index contributed by atoms with van der Waals surface area (Å²) < 4.78 is 2.23. The summed E-state index contributed by atoms with van der Waals surface area (Å²) in [6.45, 7) is 6.57. The Hall–Kier alpha value is 0.200. The van der Waals surface area contributed by atoms with E-state index in [2.05, 4.69) is 44.8 Å². The monoisotopic (exact) mass is 252 g/mol. The summed E-state index contributed by atoms with van der Waals surface area (Å²) in [5.74, 6) is 1.84. The summed E-state index contributed by atoms with van der Waals surface area (Å²) in [5.41, 5.74) is 0. The van der Waals surface area contributed by atoms with Crippen LogP contribution >= 0.6 is 22.9 Å². The van der Waals surface area contributed by atoms with E-state index in [4.69, 9.17) is 0 Å². The van der Waals surface area contributed by atoms with Crippen molar-refractivity contribution in [3.63, 3.8) is 0 Å². The van der Waals surface area contributed by atoms with Gasteiger partial charge >= 0.3 is 0 Å². The van der Waals surface area contributed by atoms with E-state index in [-0.39, 0.29) is 0 Å². The number of halogens is 1. The van der Waals surface area contributed by atoms with Gasteiger partial charge in [0, 0.05) is 19.0 Å². The highest BCUT2D eigenvalue weighted by Crippen LogP contribution is 2.13. The molecule has 0 aromatic rings. The van der Waals surface area contributed by atoms with Crippen molar-refractivity contribution < 1.29 is 0 Å². The van der Waals surface area contributed by atoms with Gasteiger partial charge in [0.25, 0.3) is 0 Å². The van der Waals surface area contributed by atoms with Gasteiger partial charge < -0.3 is 3.11 Å². The number of aliphatic imine (C=N–C) groups is 1. The quantitative estimate of drug-likeness (QED) is 0.515. The highest BCUT2D eigenvalue weighted by atomic mass is 127. The molecule has 0 radical (unpaired) electrons. The second-order valence-corrected chi connectivity index (χ2v) is 4.00. The Kier molecular flexibility index (Phi) is 2.95. The zero-order valence-electron chi connectivity index (χ0n) is 6.47. The molecule has 10 heavy (non-hydrogen) atoms. The van der Waals surface area contributed by atoms with E-state index in [0.717, 1.165) is 13.1 Å². The second-order valence-electron chi connectivity index (χ2n) is 2.83. The zero-order valence-corrected chi connectivity index (χ0v) is 8.63. The van der Waals surface area contributed by atoms with Gasteiger partial charge in [-0.05, 0) is 6.42 Å². The van der Waals surface area contributed by atoms with Gasteiger partial charge in [-0.3, -0.25) is 4.99 Å². The maximum atomic E-state index is 4.45. The van der Waals surface area contributed by atoms with Crippen molar-refractivity contribution in [2.75, 3.05) is 13.1 Å². The lowest BCUT2D eigenvalue weighted by atomic mass is 10.2. The maximum absolute atomic E-state index is 4.45. The lowest BCUT2D eigenvalue weighted by Crippen LogP contribution is -2.30. The smallest absolute Gasteiger partial charge is 0.110 e. The van der Waals surface area contributed by atoms with Gasteiger partial charge in [0.05, 0.1) is 22.9 Å². The Morgan fingerprint density at radius 3 is 2.70 bits per heavy atom. The topological polar surface area (TPSA) is 15.6 Å². The summed E-state index contributed by atoms with van der Waals surface area (Å²) in [4.78, 5) is 4.45. The van der Waals surface area contributed by atoms with Gasteiger partial charge in [0.2, 0.25) is 0 Å². The lowest BCUT2D eigenvalue weighted by molar-refractivity contribution is 0.587. The van der Waals surface area contributed by atoms with E-state index in [0.29, 0.717) is 5.92 Å². The molecule has 0 aromatic heterocycles. The van der Waals surface area contributed by atoms with Crippen molar-refractivity contribution in [2.45, 2.75) is 20.3 Å². The van der Waals surface area contributed by atoms with Crippen LogP contribution in [-0.2, 0) is 0 Å². The Morgan fingerprint density at radius 2 is 2.30 bits per heavy atom. The normalized spacial score (nSPS) is 19.6. The molecule has 2 nitrogen and oxygen atoms in total. The standard InChI is InChI=1S/C7H13IN2/c1-6(2)7-9-4-3-5-10(7)8/h6H,3-5H2,1-2H3. The first-order chi connectivity index (χ1) is 4.72. The zero-order chi connectivity index (χ0) is 7.56. The molecule has 0 aliphatic carbocycles. The van der Waals surface area contributed by atoms with E-state index in [1.54, 1.807) is 0 Å². The van der Waals surface area contributed by atoms with E-state index in [1.807, 2.05) is 0 Å². The third-order valence-corrected chi connectivity index (χ3v) is 2.53. The first-order valence-electron chi connectivity index (χ1n) is 3.69. The van der Waals surface area contributed by atoms with Crippen LogP contribution in [0.5, 0.6) is 0 Å². The average Bonchev–Trinajstić information content (AvgIpc) is 1.88. The van der Waals surface area contributed by atoms with E-state index < -0.39 is 0 Å². The van der Waals surface area contributed by atoms with Crippen LogP contribution in [0.2, 0.25) is 0 Å². The molecule has 0 N–H and O–H groups in total. The van der Waals surface area contributed by atoms with Crippen LogP contribution in [0.15, 0.2) is 4.99 Å². The largest absolute Gasteiger partial charge is 0.303 e. The Morgan fingerprint density at radius 1 is 1.60 bits per heavy atom. The second kappa shape index (κ2) is 3.55. The van der Waals surface area contributed by atoms with Crippen molar-refractivity contribution in [2.24, 2.45) is 10.9 Å². The molecular formula is C7H13IN2. The van der Waals surface area contributed by atoms with Crippen molar-refractivity contribution in [3.8, 4) is 0 Å². The molecule has 0 unspecified atom stereocenters. The molecule has 0 bridgehead atoms. The first-order valence-corrected chi connectivity index (χ1v) is 4.66. The van der Waals surface area contributed by atoms with Crippen molar-refractivity contribution >= 4 is 28.7 Å². The fourth-order valence-corrected chi connectivity index (χ4v) is 2.11. The Balaban J connectivity index is 2.61. The summed E-state index contributed by atoms with van der Waals surface area (Å²) in [5, 5.41) is 0. The van der Waals surface area contributed by atoms with Gasteiger partial charge in [0.15, 0.2) is 0 Å². The number of rotatable bonds is 1. The van der Waals surface area contributed by atoms with Gasteiger partial charge in [0.1, 0.15) is 5.84 Å². The van der Waals surface area contributed by atoms with Crippen LogP contribution in [0.4, 0.5) is 0 Å². The van der Waals surface area contributed by atoms with Crippen LogP contribution < -0.4 is 0 Å². The fraction of sp³-hybridized carbons (Fsp3) is 0.857. The summed E-state index contributed by atoms with van der Waals surface area (Å²) >= 11 is 2.34. The molecule has 1 aliphatic rings. The molecule has 0 aromatic carbocycles. The van der Waals surface area contributed by atoms with Crippen molar-refractivity contribution in [1.29, 1.82) is 0 Å². The van der Waals surface area contributed by atoms with Gasteiger partial charge in [-0.1, -0.05) is 13.8 Å². The minimum Gasteiger partial charge on any atom is -0.303 e. The average molecular weight is 252 g/mol. The summed E-state index contributed by atoms with van der Waals surface area (Å²) in [7, 11) is 0. The van der Waals surface area contributed by atoms with Gasteiger partial charge in [-0.15, -0.1) is 0 Å². The first kappa shape index (κ1) is 8.30. The lowest BCUT2D eigenvalue weighted by Gasteiger charge is -2.25. The van der Waals surface area contributed by atoms with Gasteiger partial charge in [-0.25, -0.2) is 0 Å². The summed E-state index contributed by atoms with van der Waals surface area (Å²) in [6.07, 6.45) is 1.21. The number of amidine groups is 1. The predicted octanol–water partition coefficient (Wildman–Crippen LogP) is 2.10. The molecule has 0 saturated carbocycles. The van der Waals surface area contributed by atoms with Crippen LogP contribution in [0, 0.1) is 5.92 Å². The molecule has 1 heterocycles. The van der Waals surface area contributed by atoms with Gasteiger partial charge in [-0.2, -0.15) is 0 Å². The highest BCUT2D eigenvalue weighted by Gasteiger charge is 2.14. The summed E-state index contributed by atoms with van der Waals surface area (Å²) in [6, 6.07) is 0. The third kappa shape index (κ3) is 1.84. The SMILES string of the molecule is CC(C)C1=NCCCN1I. The number of hydrogen-bond donors (Lipinski definition) is 0. The third-order valence-electron chi connectivity index (χ3n) is 1.55. The highest BCUT2D eigenvalue weighted by molar-refractivity contribution is 14.1. The van der Waals surface area contributed by atoms with Crippen molar-refractivity contribution in [3.05, 3.63) is 0 Å². The fourth-order valence-electron chi connectivity index (χ4n) is 1.06. The van der Waals surface area contributed by atoms with Crippen LogP contribution in [0.3, 0.4) is 0 Å².